The van der Waals surface area contributed by atoms with Crippen molar-refractivity contribution in [2.24, 2.45) is 0 Å². The normalized spacial score (nSPS) is 17.1. The van der Waals surface area contributed by atoms with Crippen LogP contribution in [0.3, 0.4) is 0 Å². The number of nitrogens with one attached hydrogen (secondary N) is 1. The SMILES string of the molecule is Cc1ccc(C(=O)OC2CCNCC2)nc1. The summed E-state index contributed by atoms with van der Waals surface area (Å²) in [5.41, 5.74) is 1.43. The Kier molecular flexibility index (Phi) is 3.51. The van der Waals surface area contributed by atoms with Crippen molar-refractivity contribution in [1.29, 1.82) is 0 Å². The molecule has 0 radical (unpaired) electrons. The zero-order chi connectivity index (χ0) is 11.4. The molecule has 1 aromatic rings. The van der Waals surface area contributed by atoms with Crippen LogP contribution < -0.4 is 5.32 Å². The van der Waals surface area contributed by atoms with Crippen LogP contribution in [0.4, 0.5) is 0 Å². The van der Waals surface area contributed by atoms with Gasteiger partial charge in [-0.1, -0.05) is 6.07 Å². The van der Waals surface area contributed by atoms with Crippen molar-refractivity contribution in [1.82, 2.24) is 10.3 Å². The largest absolute Gasteiger partial charge is 0.458 e. The lowest BCUT2D eigenvalue weighted by Gasteiger charge is -2.22. The molecule has 1 aliphatic rings. The van der Waals surface area contributed by atoms with Crippen molar-refractivity contribution in [2.75, 3.05) is 13.1 Å². The van der Waals surface area contributed by atoms with Gasteiger partial charge in [0, 0.05) is 6.20 Å². The van der Waals surface area contributed by atoms with Crippen LogP contribution in [-0.2, 0) is 4.74 Å². The first-order valence-corrected chi connectivity index (χ1v) is 5.60. The molecule has 4 heteroatoms. The molecule has 4 nitrogen and oxygen atoms in total. The van der Waals surface area contributed by atoms with Crippen molar-refractivity contribution in [3.05, 3.63) is 29.6 Å². The second-order valence-corrected chi connectivity index (χ2v) is 4.08. The van der Waals surface area contributed by atoms with Gasteiger partial charge in [0.2, 0.25) is 0 Å². The Morgan fingerprint density at radius 2 is 2.19 bits per heavy atom. The molecule has 0 unspecified atom stereocenters. The summed E-state index contributed by atoms with van der Waals surface area (Å²) in [5.74, 6) is -0.313. The van der Waals surface area contributed by atoms with Crippen molar-refractivity contribution in [2.45, 2.75) is 25.9 Å². The Bertz CT molecular complexity index is 356. The molecule has 2 rings (SSSR count). The van der Waals surface area contributed by atoms with Crippen molar-refractivity contribution < 1.29 is 9.53 Å². The minimum absolute atomic E-state index is 0.0388. The Morgan fingerprint density at radius 3 is 2.81 bits per heavy atom. The molecule has 0 bridgehead atoms. The fraction of sp³-hybridized carbons (Fsp3) is 0.500. The monoisotopic (exact) mass is 220 g/mol. The molecule has 86 valence electrons. The van der Waals surface area contributed by atoms with Gasteiger partial charge >= 0.3 is 5.97 Å². The molecule has 1 N–H and O–H groups in total. The Balaban J connectivity index is 1.94. The number of nitrogens with zero attached hydrogens (tertiary/aromatic N) is 1. The fourth-order valence-electron chi connectivity index (χ4n) is 1.71. The molecule has 1 saturated heterocycles. The van der Waals surface area contributed by atoms with E-state index in [9.17, 15) is 4.79 Å². The van der Waals surface area contributed by atoms with Crippen LogP contribution in [0.2, 0.25) is 0 Å². The number of aryl methyl sites for hydroxylation is 1. The lowest BCUT2D eigenvalue weighted by atomic mass is 10.1. The van der Waals surface area contributed by atoms with Gasteiger partial charge < -0.3 is 10.1 Å². The highest BCUT2D eigenvalue weighted by Crippen LogP contribution is 2.10. The standard InChI is InChI=1S/C12H16N2O2/c1-9-2-3-11(14-8-9)12(15)16-10-4-6-13-7-5-10/h2-3,8,10,13H,4-7H2,1H3. The maximum atomic E-state index is 11.7. The van der Waals surface area contributed by atoms with Crippen molar-refractivity contribution >= 4 is 5.97 Å². The van der Waals surface area contributed by atoms with E-state index in [1.165, 1.54) is 0 Å². The molecule has 1 aliphatic heterocycles. The molecule has 16 heavy (non-hydrogen) atoms. The predicted molar refractivity (Wildman–Crippen MR) is 60.3 cm³/mol. The highest BCUT2D eigenvalue weighted by Gasteiger charge is 2.18. The van der Waals surface area contributed by atoms with E-state index in [-0.39, 0.29) is 12.1 Å². The first-order chi connectivity index (χ1) is 7.75. The number of carbonyl (C=O) groups excluding carboxylic acids is 1. The second-order valence-electron chi connectivity index (χ2n) is 4.08. The van der Waals surface area contributed by atoms with Gasteiger partial charge in [-0.15, -0.1) is 0 Å². The third-order valence-corrected chi connectivity index (χ3v) is 2.68. The molecule has 1 aromatic heterocycles. The third kappa shape index (κ3) is 2.79. The van der Waals surface area contributed by atoms with E-state index in [1.807, 2.05) is 13.0 Å². The van der Waals surface area contributed by atoms with Crippen LogP contribution in [0.25, 0.3) is 0 Å². The maximum absolute atomic E-state index is 11.7. The molecular formula is C12H16N2O2. The van der Waals surface area contributed by atoms with Gasteiger partial charge in [-0.2, -0.15) is 0 Å². The molecule has 0 atom stereocenters. The van der Waals surface area contributed by atoms with Crippen LogP contribution in [0.15, 0.2) is 18.3 Å². The second kappa shape index (κ2) is 5.07. The van der Waals surface area contributed by atoms with E-state index >= 15 is 0 Å². The first kappa shape index (κ1) is 11.1. The Labute approximate surface area is 95.0 Å². The van der Waals surface area contributed by atoms with Gasteiger partial charge in [0.25, 0.3) is 0 Å². The fourth-order valence-corrected chi connectivity index (χ4v) is 1.71. The number of rotatable bonds is 2. The van der Waals surface area contributed by atoms with E-state index in [0.29, 0.717) is 5.69 Å². The van der Waals surface area contributed by atoms with Gasteiger partial charge in [-0.05, 0) is 44.5 Å². The van der Waals surface area contributed by atoms with E-state index in [1.54, 1.807) is 12.3 Å². The van der Waals surface area contributed by atoms with Gasteiger partial charge in [-0.25, -0.2) is 9.78 Å². The van der Waals surface area contributed by atoms with E-state index in [2.05, 4.69) is 10.3 Å². The summed E-state index contributed by atoms with van der Waals surface area (Å²) in [6, 6.07) is 3.57. The average Bonchev–Trinajstić information content (AvgIpc) is 2.31. The summed E-state index contributed by atoms with van der Waals surface area (Å²) in [7, 11) is 0. The van der Waals surface area contributed by atoms with Gasteiger partial charge in [-0.3, -0.25) is 0 Å². The molecule has 0 aliphatic carbocycles. The number of carbonyl (C=O) groups is 1. The quantitative estimate of drug-likeness (QED) is 0.763. The van der Waals surface area contributed by atoms with Crippen LogP contribution in [-0.4, -0.2) is 30.1 Å². The predicted octanol–water partition coefficient (Wildman–Crippen LogP) is 1.30. The Hall–Kier alpha value is -1.42. The molecule has 2 heterocycles. The molecule has 0 spiro atoms. The molecular weight excluding hydrogens is 204 g/mol. The Morgan fingerprint density at radius 1 is 1.44 bits per heavy atom. The summed E-state index contributed by atoms with van der Waals surface area (Å²) in [6.07, 6.45) is 3.49. The third-order valence-electron chi connectivity index (χ3n) is 2.68. The van der Waals surface area contributed by atoms with Crippen LogP contribution >= 0.6 is 0 Å². The molecule has 0 amide bonds. The summed E-state index contributed by atoms with van der Waals surface area (Å²) < 4.78 is 5.38. The van der Waals surface area contributed by atoms with Crippen molar-refractivity contribution in [3.8, 4) is 0 Å². The molecule has 0 saturated carbocycles. The van der Waals surface area contributed by atoms with E-state index in [4.69, 9.17) is 4.74 Å². The number of ether oxygens (including phenoxy) is 1. The summed E-state index contributed by atoms with van der Waals surface area (Å²) in [6.45, 7) is 3.77. The number of piperidine rings is 1. The lowest BCUT2D eigenvalue weighted by molar-refractivity contribution is 0.0223. The average molecular weight is 220 g/mol. The minimum atomic E-state index is -0.313. The number of aromatic nitrogens is 1. The van der Waals surface area contributed by atoms with Gasteiger partial charge in [0.1, 0.15) is 11.8 Å². The topological polar surface area (TPSA) is 51.2 Å². The maximum Gasteiger partial charge on any atom is 0.357 e. The summed E-state index contributed by atoms with van der Waals surface area (Å²) >= 11 is 0. The van der Waals surface area contributed by atoms with Gasteiger partial charge in [0.15, 0.2) is 0 Å². The number of hydrogen-bond donors (Lipinski definition) is 1. The lowest BCUT2D eigenvalue weighted by Crippen LogP contribution is -2.33. The molecule has 1 fully saturated rings. The number of hydrogen-bond acceptors (Lipinski definition) is 4. The summed E-state index contributed by atoms with van der Waals surface area (Å²) in [4.78, 5) is 15.8. The highest BCUT2D eigenvalue weighted by atomic mass is 16.5. The van der Waals surface area contributed by atoms with Crippen LogP contribution in [0.5, 0.6) is 0 Å². The first-order valence-electron chi connectivity index (χ1n) is 5.60. The minimum Gasteiger partial charge on any atom is -0.458 e. The van der Waals surface area contributed by atoms with Crippen molar-refractivity contribution in [3.63, 3.8) is 0 Å². The zero-order valence-corrected chi connectivity index (χ0v) is 9.40. The smallest absolute Gasteiger partial charge is 0.357 e. The zero-order valence-electron chi connectivity index (χ0n) is 9.40. The van der Waals surface area contributed by atoms with E-state index in [0.717, 1.165) is 31.5 Å². The van der Waals surface area contributed by atoms with Gasteiger partial charge in [0.05, 0.1) is 0 Å². The van der Waals surface area contributed by atoms with Crippen LogP contribution in [0.1, 0.15) is 28.9 Å². The van der Waals surface area contributed by atoms with E-state index < -0.39 is 0 Å². The van der Waals surface area contributed by atoms with Crippen LogP contribution in [0, 0.1) is 6.92 Å². The highest BCUT2D eigenvalue weighted by molar-refractivity contribution is 5.87. The molecule has 0 aromatic carbocycles. The summed E-state index contributed by atoms with van der Waals surface area (Å²) in [5, 5.41) is 3.23. The number of esters is 1. The number of pyridine rings is 1.